The maximum absolute atomic E-state index is 12.4. The second-order valence-electron chi connectivity index (χ2n) is 6.41. The molecule has 1 N–H and O–H groups in total. The van der Waals surface area contributed by atoms with Gasteiger partial charge in [0.05, 0.1) is 12.1 Å². The minimum Gasteiger partial charge on any atom is -0.491 e. The Bertz CT molecular complexity index is 741. The summed E-state index contributed by atoms with van der Waals surface area (Å²) in [6.07, 6.45) is 0.406. The van der Waals surface area contributed by atoms with Crippen molar-refractivity contribution in [3.63, 3.8) is 0 Å². The number of amides is 2. The SMILES string of the molecule is CC(C)Oc1ccc(C(=O)N[C@H]2CC(=O)N(c3ccccc3)C2)cc1. The standard InChI is InChI=1S/C20H22N2O3/c1-14(2)25-18-10-8-15(9-11-18)20(24)21-16-12-19(23)22(13-16)17-6-4-3-5-7-17/h3-11,14,16H,12-13H2,1-2H3,(H,21,24)/t16-/m0/s1. The van der Waals surface area contributed by atoms with Crippen molar-refractivity contribution in [1.82, 2.24) is 5.32 Å². The fraction of sp³-hybridized carbons (Fsp3) is 0.300. The smallest absolute Gasteiger partial charge is 0.251 e. The normalized spacial score (nSPS) is 17.0. The molecule has 0 radical (unpaired) electrons. The van der Waals surface area contributed by atoms with Crippen LogP contribution in [0.1, 0.15) is 30.6 Å². The highest BCUT2D eigenvalue weighted by molar-refractivity contribution is 5.99. The average Bonchev–Trinajstić information content (AvgIpc) is 2.96. The van der Waals surface area contributed by atoms with E-state index in [1.165, 1.54) is 0 Å². The predicted octanol–water partition coefficient (Wildman–Crippen LogP) is 3.01. The van der Waals surface area contributed by atoms with Crippen LogP contribution in [0.5, 0.6) is 5.75 Å². The number of anilines is 1. The highest BCUT2D eigenvalue weighted by Crippen LogP contribution is 2.21. The van der Waals surface area contributed by atoms with Gasteiger partial charge in [0.2, 0.25) is 5.91 Å². The highest BCUT2D eigenvalue weighted by atomic mass is 16.5. The van der Waals surface area contributed by atoms with Crippen molar-refractivity contribution in [2.24, 2.45) is 0 Å². The topological polar surface area (TPSA) is 58.6 Å². The first-order valence-electron chi connectivity index (χ1n) is 8.46. The molecule has 1 atom stereocenters. The zero-order chi connectivity index (χ0) is 17.8. The maximum Gasteiger partial charge on any atom is 0.251 e. The van der Waals surface area contributed by atoms with Crippen LogP contribution in [0.25, 0.3) is 0 Å². The average molecular weight is 338 g/mol. The first-order valence-corrected chi connectivity index (χ1v) is 8.46. The Kier molecular flexibility index (Phi) is 5.03. The zero-order valence-electron chi connectivity index (χ0n) is 14.4. The fourth-order valence-corrected chi connectivity index (χ4v) is 2.89. The molecular weight excluding hydrogens is 316 g/mol. The van der Waals surface area contributed by atoms with Crippen molar-refractivity contribution in [3.8, 4) is 5.75 Å². The summed E-state index contributed by atoms with van der Waals surface area (Å²) < 4.78 is 5.58. The van der Waals surface area contributed by atoms with Gasteiger partial charge in [0.1, 0.15) is 5.75 Å². The molecule has 1 saturated heterocycles. The number of carbonyl (C=O) groups is 2. The van der Waals surface area contributed by atoms with Crippen LogP contribution in [0.2, 0.25) is 0 Å². The molecule has 5 heteroatoms. The lowest BCUT2D eigenvalue weighted by Crippen LogP contribution is -2.37. The summed E-state index contributed by atoms with van der Waals surface area (Å²) in [6.45, 7) is 4.40. The number of carbonyl (C=O) groups excluding carboxylic acids is 2. The molecule has 0 saturated carbocycles. The number of benzene rings is 2. The molecule has 2 aromatic rings. The van der Waals surface area contributed by atoms with Crippen molar-refractivity contribution in [2.45, 2.75) is 32.4 Å². The van der Waals surface area contributed by atoms with Gasteiger partial charge in [-0.2, -0.15) is 0 Å². The van der Waals surface area contributed by atoms with Gasteiger partial charge in [0.15, 0.2) is 0 Å². The number of rotatable bonds is 5. The third-order valence-corrected chi connectivity index (χ3v) is 4.02. The van der Waals surface area contributed by atoms with Crippen LogP contribution in [-0.4, -0.2) is 30.5 Å². The number of hydrogen-bond donors (Lipinski definition) is 1. The molecule has 1 fully saturated rings. The Morgan fingerprint density at radius 1 is 1.12 bits per heavy atom. The van der Waals surface area contributed by atoms with Crippen LogP contribution in [0.4, 0.5) is 5.69 Å². The lowest BCUT2D eigenvalue weighted by molar-refractivity contribution is -0.117. The summed E-state index contributed by atoms with van der Waals surface area (Å²) in [5, 5.41) is 2.94. The fourth-order valence-electron chi connectivity index (χ4n) is 2.89. The molecule has 1 aliphatic heterocycles. The van der Waals surface area contributed by atoms with Gasteiger partial charge in [0.25, 0.3) is 5.91 Å². The first-order chi connectivity index (χ1) is 12.0. The molecule has 0 spiro atoms. The molecule has 25 heavy (non-hydrogen) atoms. The summed E-state index contributed by atoms with van der Waals surface area (Å²) in [5.41, 5.74) is 1.42. The molecule has 5 nitrogen and oxygen atoms in total. The number of ether oxygens (including phenoxy) is 1. The van der Waals surface area contributed by atoms with Crippen LogP contribution >= 0.6 is 0 Å². The Hall–Kier alpha value is -2.82. The van der Waals surface area contributed by atoms with Gasteiger partial charge < -0.3 is 15.0 Å². The van der Waals surface area contributed by atoms with E-state index >= 15 is 0 Å². The number of hydrogen-bond acceptors (Lipinski definition) is 3. The van der Waals surface area contributed by atoms with Crippen molar-refractivity contribution in [1.29, 1.82) is 0 Å². The molecule has 130 valence electrons. The third-order valence-electron chi connectivity index (χ3n) is 4.02. The Morgan fingerprint density at radius 2 is 1.80 bits per heavy atom. The first kappa shape index (κ1) is 17.0. The zero-order valence-corrected chi connectivity index (χ0v) is 14.4. The summed E-state index contributed by atoms with van der Waals surface area (Å²) in [6, 6.07) is 16.4. The van der Waals surface area contributed by atoms with Crippen LogP contribution in [-0.2, 0) is 4.79 Å². The molecular formula is C20H22N2O3. The van der Waals surface area contributed by atoms with E-state index in [4.69, 9.17) is 4.74 Å². The van der Waals surface area contributed by atoms with E-state index in [1.54, 1.807) is 29.2 Å². The second-order valence-corrected chi connectivity index (χ2v) is 6.41. The molecule has 0 unspecified atom stereocenters. The van der Waals surface area contributed by atoms with E-state index in [0.29, 0.717) is 18.5 Å². The van der Waals surface area contributed by atoms with Crippen LogP contribution in [0.15, 0.2) is 54.6 Å². The minimum absolute atomic E-state index is 0.0252. The van der Waals surface area contributed by atoms with Crippen LogP contribution in [0, 0.1) is 0 Å². The van der Waals surface area contributed by atoms with E-state index in [1.807, 2.05) is 44.2 Å². The second kappa shape index (κ2) is 7.38. The number of nitrogens with zero attached hydrogens (tertiary/aromatic N) is 1. The maximum atomic E-state index is 12.4. The highest BCUT2D eigenvalue weighted by Gasteiger charge is 2.31. The Morgan fingerprint density at radius 3 is 2.44 bits per heavy atom. The van der Waals surface area contributed by atoms with Crippen molar-refractivity contribution in [2.75, 3.05) is 11.4 Å². The monoisotopic (exact) mass is 338 g/mol. The molecule has 0 bridgehead atoms. The summed E-state index contributed by atoms with van der Waals surface area (Å²) >= 11 is 0. The van der Waals surface area contributed by atoms with E-state index < -0.39 is 0 Å². The van der Waals surface area contributed by atoms with Gasteiger partial charge in [-0.3, -0.25) is 9.59 Å². The van der Waals surface area contributed by atoms with Crippen molar-refractivity contribution >= 4 is 17.5 Å². The van der Waals surface area contributed by atoms with Gasteiger partial charge in [-0.15, -0.1) is 0 Å². The van der Waals surface area contributed by atoms with Crippen molar-refractivity contribution < 1.29 is 14.3 Å². The molecule has 0 aliphatic carbocycles. The van der Waals surface area contributed by atoms with E-state index in [9.17, 15) is 9.59 Å². The van der Waals surface area contributed by atoms with E-state index in [0.717, 1.165) is 11.4 Å². The summed E-state index contributed by atoms with van der Waals surface area (Å²) in [4.78, 5) is 26.3. The molecule has 2 amide bonds. The Balaban J connectivity index is 1.61. The van der Waals surface area contributed by atoms with Gasteiger partial charge in [-0.05, 0) is 50.2 Å². The predicted molar refractivity (Wildman–Crippen MR) is 96.9 cm³/mol. The lowest BCUT2D eigenvalue weighted by Gasteiger charge is -2.17. The number of nitrogens with one attached hydrogen (secondary N) is 1. The molecule has 1 heterocycles. The number of para-hydroxylation sites is 1. The molecule has 2 aromatic carbocycles. The quantitative estimate of drug-likeness (QED) is 0.912. The summed E-state index contributed by atoms with van der Waals surface area (Å²) in [7, 11) is 0. The third kappa shape index (κ3) is 4.18. The van der Waals surface area contributed by atoms with E-state index in [2.05, 4.69) is 5.32 Å². The van der Waals surface area contributed by atoms with Gasteiger partial charge in [-0.25, -0.2) is 0 Å². The largest absolute Gasteiger partial charge is 0.491 e. The van der Waals surface area contributed by atoms with Gasteiger partial charge >= 0.3 is 0 Å². The van der Waals surface area contributed by atoms with Crippen LogP contribution in [0.3, 0.4) is 0 Å². The van der Waals surface area contributed by atoms with Gasteiger partial charge in [-0.1, -0.05) is 18.2 Å². The van der Waals surface area contributed by atoms with E-state index in [-0.39, 0.29) is 24.0 Å². The molecule has 0 aromatic heterocycles. The van der Waals surface area contributed by atoms with Gasteiger partial charge in [0, 0.05) is 24.2 Å². The lowest BCUT2D eigenvalue weighted by atomic mass is 10.1. The van der Waals surface area contributed by atoms with Crippen molar-refractivity contribution in [3.05, 3.63) is 60.2 Å². The molecule has 3 rings (SSSR count). The molecule has 1 aliphatic rings. The Labute approximate surface area is 147 Å². The minimum atomic E-state index is -0.188. The van der Waals surface area contributed by atoms with Crippen LogP contribution < -0.4 is 15.0 Å². The summed E-state index contributed by atoms with van der Waals surface area (Å²) in [5.74, 6) is 0.582.